The Hall–Kier alpha value is 0.440. The van der Waals surface area contributed by atoms with Gasteiger partial charge in [-0.3, -0.25) is 0 Å². The van der Waals surface area contributed by atoms with Gasteiger partial charge in [0.2, 0.25) is 0 Å². The van der Waals surface area contributed by atoms with Gasteiger partial charge in [0.1, 0.15) is 0 Å². The summed E-state index contributed by atoms with van der Waals surface area (Å²) in [7, 11) is 12.8. The molecule has 0 aromatic carbocycles. The van der Waals surface area contributed by atoms with Gasteiger partial charge in [-0.05, 0) is 41.9 Å². The second kappa shape index (κ2) is 4.48. The first-order chi connectivity index (χ1) is 8.12. The van der Waals surface area contributed by atoms with E-state index in [4.69, 9.17) is 34.1 Å². The average Bonchev–Trinajstić information content (AvgIpc) is 2.40. The van der Waals surface area contributed by atoms with Crippen molar-refractivity contribution in [1.29, 1.82) is 0 Å². The third-order valence-electron chi connectivity index (χ3n) is 5.64. The quantitative estimate of drug-likeness (QED) is 0.508. The van der Waals surface area contributed by atoms with Gasteiger partial charge in [0.05, 0.1) is 15.7 Å². The van der Waals surface area contributed by atoms with Crippen LogP contribution in [0.4, 0.5) is 0 Å². The Kier molecular flexibility index (Phi) is 3.69. The molecular formula is C14H25B2NS. The van der Waals surface area contributed by atoms with Crippen LogP contribution in [0.2, 0.25) is 5.31 Å². The first kappa shape index (κ1) is 14.8. The van der Waals surface area contributed by atoms with E-state index in [-0.39, 0.29) is 10.2 Å². The fraction of sp³-hybridized carbons (Fsp3) is 1.00. The molecule has 98 valence electrons. The average molecular weight is 261 g/mol. The highest BCUT2D eigenvalue weighted by atomic mass is 32.1. The van der Waals surface area contributed by atoms with Crippen molar-refractivity contribution in [3.8, 4) is 0 Å². The van der Waals surface area contributed by atoms with Crippen LogP contribution in [-0.2, 0) is 0 Å². The van der Waals surface area contributed by atoms with E-state index in [1.165, 1.54) is 38.5 Å². The third-order valence-corrected chi connectivity index (χ3v) is 6.26. The fourth-order valence-corrected chi connectivity index (χ4v) is 4.66. The van der Waals surface area contributed by atoms with Gasteiger partial charge in [-0.2, -0.15) is 12.6 Å². The molecule has 0 heterocycles. The largest absolute Gasteiger partial charge is 0.333 e. The Morgan fingerprint density at radius 3 is 1.89 bits per heavy atom. The Balaban J connectivity index is 2.32. The van der Waals surface area contributed by atoms with E-state index >= 15 is 0 Å². The Morgan fingerprint density at radius 1 is 0.944 bits per heavy atom. The van der Waals surface area contributed by atoms with Crippen molar-refractivity contribution in [1.82, 2.24) is 0 Å². The summed E-state index contributed by atoms with van der Waals surface area (Å²) in [5.74, 6) is 0. The number of hydrogen-bond acceptors (Lipinski definition) is 2. The Morgan fingerprint density at radius 2 is 1.44 bits per heavy atom. The molecule has 1 nitrogen and oxygen atoms in total. The lowest BCUT2D eigenvalue weighted by molar-refractivity contribution is 0.0783. The maximum absolute atomic E-state index is 6.44. The van der Waals surface area contributed by atoms with E-state index in [0.717, 1.165) is 12.8 Å². The topological polar surface area (TPSA) is 26.0 Å². The fourth-order valence-electron chi connectivity index (χ4n) is 4.11. The van der Waals surface area contributed by atoms with Crippen molar-refractivity contribution in [3.05, 3.63) is 0 Å². The number of hydrogen-bond donors (Lipinski definition) is 2. The van der Waals surface area contributed by atoms with E-state index in [1.807, 2.05) is 6.92 Å². The van der Waals surface area contributed by atoms with Crippen LogP contribution in [0, 0.1) is 5.41 Å². The minimum atomic E-state index is -0.827. The molecular weight excluding hydrogens is 236 g/mol. The van der Waals surface area contributed by atoms with Gasteiger partial charge >= 0.3 is 0 Å². The minimum absolute atomic E-state index is 0.259. The zero-order valence-electron chi connectivity index (χ0n) is 11.8. The normalized spacial score (nSPS) is 48.9. The number of thiol groups is 1. The summed E-state index contributed by atoms with van der Waals surface area (Å²) in [6, 6.07) is 0. The van der Waals surface area contributed by atoms with Crippen LogP contribution in [-0.4, -0.2) is 25.9 Å². The predicted octanol–water partition coefficient (Wildman–Crippen LogP) is 2.98. The van der Waals surface area contributed by atoms with Crippen molar-refractivity contribution >= 4 is 28.3 Å². The molecule has 0 amide bonds. The molecule has 1 spiro atoms. The van der Waals surface area contributed by atoms with Gasteiger partial charge in [-0.25, -0.2) is 0 Å². The lowest BCUT2D eigenvalue weighted by Gasteiger charge is -2.62. The van der Waals surface area contributed by atoms with E-state index in [0.29, 0.717) is 0 Å². The van der Waals surface area contributed by atoms with Gasteiger partial charge in [-0.15, -0.1) is 0 Å². The van der Waals surface area contributed by atoms with Gasteiger partial charge in [0.15, 0.2) is 0 Å². The van der Waals surface area contributed by atoms with Crippen LogP contribution in [0.3, 0.4) is 0 Å². The third kappa shape index (κ3) is 2.28. The highest BCUT2D eigenvalue weighted by molar-refractivity contribution is 7.82. The maximum atomic E-state index is 6.44. The highest BCUT2D eigenvalue weighted by Crippen LogP contribution is 2.62. The van der Waals surface area contributed by atoms with Crippen LogP contribution in [0.1, 0.15) is 65.2 Å². The molecule has 2 rings (SSSR count). The molecule has 4 radical (unpaired) electrons. The van der Waals surface area contributed by atoms with Crippen LogP contribution in [0.25, 0.3) is 0 Å². The van der Waals surface area contributed by atoms with Crippen molar-refractivity contribution in [2.45, 2.75) is 80.7 Å². The summed E-state index contributed by atoms with van der Waals surface area (Å²) in [6.45, 7) is 4.07. The molecule has 0 aromatic heterocycles. The molecule has 0 aliphatic heterocycles. The molecule has 4 heteroatoms. The SMILES string of the molecule is [B]C1(N)CC2(CCCCCC2)CC(C)(S)C1([B])C. The van der Waals surface area contributed by atoms with E-state index in [9.17, 15) is 0 Å². The maximum Gasteiger partial charge on any atom is 0.0948 e. The molecule has 18 heavy (non-hydrogen) atoms. The molecule has 0 bridgehead atoms. The minimum Gasteiger partial charge on any atom is -0.333 e. The van der Waals surface area contributed by atoms with Gasteiger partial charge in [0.25, 0.3) is 0 Å². The van der Waals surface area contributed by atoms with Gasteiger partial charge < -0.3 is 5.73 Å². The van der Waals surface area contributed by atoms with Crippen molar-refractivity contribution in [2.75, 3.05) is 0 Å². The Labute approximate surface area is 120 Å². The second-order valence-electron chi connectivity index (χ2n) is 7.28. The summed E-state index contributed by atoms with van der Waals surface area (Å²) in [5, 5.41) is -0.638. The lowest BCUT2D eigenvalue weighted by Crippen LogP contribution is -2.65. The van der Waals surface area contributed by atoms with Crippen LogP contribution in [0.15, 0.2) is 0 Å². The number of nitrogens with two attached hydrogens (primary N) is 1. The molecule has 2 N–H and O–H groups in total. The lowest BCUT2D eigenvalue weighted by atomic mass is 9.37. The van der Waals surface area contributed by atoms with Gasteiger partial charge in [-0.1, -0.05) is 39.5 Å². The smallest absolute Gasteiger partial charge is 0.0948 e. The summed E-state index contributed by atoms with van der Waals surface area (Å²) in [4.78, 5) is 0. The Bertz CT molecular complexity index is 296. The zero-order chi connectivity index (χ0) is 13.7. The van der Waals surface area contributed by atoms with E-state index in [2.05, 4.69) is 6.92 Å². The molecule has 2 saturated carbocycles. The van der Waals surface area contributed by atoms with E-state index in [1.54, 1.807) is 0 Å². The summed E-state index contributed by atoms with van der Waals surface area (Å²) in [5.41, 5.74) is 5.82. The molecule has 0 aromatic rings. The van der Waals surface area contributed by atoms with Crippen molar-refractivity contribution in [2.24, 2.45) is 11.1 Å². The first-order valence-corrected chi connectivity index (χ1v) is 7.66. The summed E-state index contributed by atoms with van der Waals surface area (Å²) < 4.78 is -0.306. The van der Waals surface area contributed by atoms with Crippen molar-refractivity contribution in [3.63, 3.8) is 0 Å². The molecule has 3 atom stereocenters. The van der Waals surface area contributed by atoms with Crippen LogP contribution in [0.5, 0.6) is 0 Å². The molecule has 0 saturated heterocycles. The summed E-state index contributed by atoms with van der Waals surface area (Å²) >= 11 is 4.85. The number of rotatable bonds is 0. The predicted molar refractivity (Wildman–Crippen MR) is 83.6 cm³/mol. The van der Waals surface area contributed by atoms with E-state index < -0.39 is 10.8 Å². The van der Waals surface area contributed by atoms with Gasteiger partial charge in [0, 0.05) is 4.75 Å². The molecule has 2 fully saturated rings. The second-order valence-corrected chi connectivity index (χ2v) is 8.27. The molecule has 2 aliphatic rings. The van der Waals surface area contributed by atoms with Crippen LogP contribution >= 0.6 is 12.6 Å². The molecule has 2 aliphatic carbocycles. The highest BCUT2D eigenvalue weighted by Gasteiger charge is 2.57. The van der Waals surface area contributed by atoms with Crippen molar-refractivity contribution < 1.29 is 0 Å². The monoisotopic (exact) mass is 261 g/mol. The zero-order valence-corrected chi connectivity index (χ0v) is 12.7. The summed E-state index contributed by atoms with van der Waals surface area (Å²) in [6.07, 6.45) is 9.60. The first-order valence-electron chi connectivity index (χ1n) is 7.21. The molecule has 3 unspecified atom stereocenters. The standard InChI is InChI=1S/C14H25B2NS/c1-11(18)9-13(7-5-3-4-6-8-13)10-14(16,17)12(11,2)15/h18H,3-10,17H2,1-2H3. The van der Waals surface area contributed by atoms with Crippen LogP contribution < -0.4 is 5.73 Å².